The first-order valence-electron chi connectivity index (χ1n) is 4.92. The summed E-state index contributed by atoms with van der Waals surface area (Å²) in [6.07, 6.45) is 0.753. The zero-order valence-electron chi connectivity index (χ0n) is 8.77. The third-order valence-corrected chi connectivity index (χ3v) is 3.06. The highest BCUT2D eigenvalue weighted by Crippen LogP contribution is 2.15. The summed E-state index contributed by atoms with van der Waals surface area (Å²) >= 11 is 9.04. The van der Waals surface area contributed by atoms with Crippen LogP contribution in [0.15, 0.2) is 22.7 Å². The molecular formula is C11H12BrClFNO. The van der Waals surface area contributed by atoms with Crippen LogP contribution in [-0.2, 0) is 0 Å². The Labute approximate surface area is 107 Å². The maximum atomic E-state index is 13.3. The van der Waals surface area contributed by atoms with E-state index in [1.807, 2.05) is 6.92 Å². The Balaban J connectivity index is 2.69. The highest BCUT2D eigenvalue weighted by molar-refractivity contribution is 9.10. The fourth-order valence-electron chi connectivity index (χ4n) is 1.11. The molecule has 0 saturated carbocycles. The van der Waals surface area contributed by atoms with Gasteiger partial charge < -0.3 is 5.32 Å². The third kappa shape index (κ3) is 3.76. The van der Waals surface area contributed by atoms with E-state index in [9.17, 15) is 9.18 Å². The van der Waals surface area contributed by atoms with Crippen LogP contribution in [0.2, 0.25) is 0 Å². The Hall–Kier alpha value is -0.610. The standard InChI is InChI=1S/C11H12BrClFNO/c1-2-8(13)6-15-11(16)9-5-7(12)3-4-10(9)14/h3-5,8H,2,6H2,1H3,(H,15,16). The maximum Gasteiger partial charge on any atom is 0.254 e. The van der Waals surface area contributed by atoms with Crippen molar-refractivity contribution in [2.45, 2.75) is 18.7 Å². The number of hydrogen-bond acceptors (Lipinski definition) is 1. The lowest BCUT2D eigenvalue weighted by Gasteiger charge is -2.09. The largest absolute Gasteiger partial charge is 0.350 e. The van der Waals surface area contributed by atoms with Gasteiger partial charge in [0.05, 0.1) is 10.9 Å². The summed E-state index contributed by atoms with van der Waals surface area (Å²) < 4.78 is 14.0. The van der Waals surface area contributed by atoms with Gasteiger partial charge in [0.25, 0.3) is 5.91 Å². The normalized spacial score (nSPS) is 12.2. The fourth-order valence-corrected chi connectivity index (χ4v) is 1.55. The molecule has 1 atom stereocenters. The molecule has 1 amide bonds. The SMILES string of the molecule is CCC(Cl)CNC(=O)c1cc(Br)ccc1F. The van der Waals surface area contributed by atoms with Crippen LogP contribution >= 0.6 is 27.5 Å². The zero-order chi connectivity index (χ0) is 12.1. The quantitative estimate of drug-likeness (QED) is 0.849. The molecule has 1 N–H and O–H groups in total. The van der Waals surface area contributed by atoms with Gasteiger partial charge in [-0.2, -0.15) is 0 Å². The van der Waals surface area contributed by atoms with Crippen molar-refractivity contribution in [2.75, 3.05) is 6.54 Å². The molecule has 0 aliphatic heterocycles. The highest BCUT2D eigenvalue weighted by atomic mass is 79.9. The molecule has 0 fully saturated rings. The number of nitrogens with one attached hydrogen (secondary N) is 1. The third-order valence-electron chi connectivity index (χ3n) is 2.10. The summed E-state index contributed by atoms with van der Waals surface area (Å²) in [6.45, 7) is 2.26. The van der Waals surface area contributed by atoms with E-state index in [1.165, 1.54) is 12.1 Å². The number of benzene rings is 1. The van der Waals surface area contributed by atoms with Crippen LogP contribution in [0.5, 0.6) is 0 Å². The van der Waals surface area contributed by atoms with E-state index < -0.39 is 11.7 Å². The minimum atomic E-state index is -0.539. The molecule has 0 heterocycles. The van der Waals surface area contributed by atoms with Crippen molar-refractivity contribution in [1.29, 1.82) is 0 Å². The second kappa shape index (κ2) is 6.21. The molecule has 0 aromatic heterocycles. The smallest absolute Gasteiger partial charge is 0.254 e. The second-order valence-corrected chi connectivity index (χ2v) is 4.87. The van der Waals surface area contributed by atoms with Crippen LogP contribution in [0.3, 0.4) is 0 Å². The molecule has 0 saturated heterocycles. The monoisotopic (exact) mass is 307 g/mol. The van der Waals surface area contributed by atoms with Crippen molar-refractivity contribution in [3.8, 4) is 0 Å². The first-order valence-corrected chi connectivity index (χ1v) is 6.14. The zero-order valence-corrected chi connectivity index (χ0v) is 11.1. The predicted octanol–water partition coefficient (Wildman–Crippen LogP) is 3.34. The van der Waals surface area contributed by atoms with Crippen LogP contribution in [0, 0.1) is 5.82 Å². The van der Waals surface area contributed by atoms with E-state index in [4.69, 9.17) is 11.6 Å². The molecule has 0 spiro atoms. The minimum Gasteiger partial charge on any atom is -0.350 e. The lowest BCUT2D eigenvalue weighted by atomic mass is 10.2. The van der Waals surface area contributed by atoms with Gasteiger partial charge in [-0.3, -0.25) is 4.79 Å². The number of rotatable bonds is 4. The highest BCUT2D eigenvalue weighted by Gasteiger charge is 2.12. The first kappa shape index (κ1) is 13.5. The first-order chi connectivity index (χ1) is 7.54. The summed E-state index contributed by atoms with van der Waals surface area (Å²) in [5.74, 6) is -0.985. The van der Waals surface area contributed by atoms with Crippen LogP contribution in [-0.4, -0.2) is 17.8 Å². The molecule has 2 nitrogen and oxygen atoms in total. The van der Waals surface area contributed by atoms with E-state index >= 15 is 0 Å². The van der Waals surface area contributed by atoms with Gasteiger partial charge in [0, 0.05) is 11.0 Å². The Morgan fingerprint density at radius 3 is 2.94 bits per heavy atom. The van der Waals surface area contributed by atoms with Gasteiger partial charge in [-0.05, 0) is 24.6 Å². The number of halogens is 3. The number of alkyl halides is 1. The summed E-state index contributed by atoms with van der Waals surface area (Å²) in [4.78, 5) is 11.6. The van der Waals surface area contributed by atoms with E-state index in [1.54, 1.807) is 6.07 Å². The Bertz CT molecular complexity index is 386. The number of hydrogen-bond donors (Lipinski definition) is 1. The van der Waals surface area contributed by atoms with E-state index in [0.717, 1.165) is 6.42 Å². The summed E-state index contributed by atoms with van der Waals surface area (Å²) in [5, 5.41) is 2.46. The van der Waals surface area contributed by atoms with Gasteiger partial charge >= 0.3 is 0 Å². The van der Waals surface area contributed by atoms with Gasteiger partial charge in [-0.15, -0.1) is 11.6 Å². The molecule has 0 bridgehead atoms. The van der Waals surface area contributed by atoms with Crippen molar-refractivity contribution in [2.24, 2.45) is 0 Å². The number of carbonyl (C=O) groups is 1. The Morgan fingerprint density at radius 1 is 1.62 bits per heavy atom. The lowest BCUT2D eigenvalue weighted by molar-refractivity contribution is 0.0949. The summed E-state index contributed by atoms with van der Waals surface area (Å²) in [6, 6.07) is 4.24. The fraction of sp³-hybridized carbons (Fsp3) is 0.364. The second-order valence-electron chi connectivity index (χ2n) is 3.34. The van der Waals surface area contributed by atoms with Crippen molar-refractivity contribution in [1.82, 2.24) is 5.32 Å². The van der Waals surface area contributed by atoms with Crippen molar-refractivity contribution < 1.29 is 9.18 Å². The van der Waals surface area contributed by atoms with E-state index in [-0.39, 0.29) is 10.9 Å². The van der Waals surface area contributed by atoms with Crippen LogP contribution < -0.4 is 5.32 Å². The van der Waals surface area contributed by atoms with E-state index in [0.29, 0.717) is 11.0 Å². The summed E-state index contributed by atoms with van der Waals surface area (Å²) in [5.41, 5.74) is 0.0225. The van der Waals surface area contributed by atoms with Crippen LogP contribution in [0.1, 0.15) is 23.7 Å². The van der Waals surface area contributed by atoms with Gasteiger partial charge in [0.15, 0.2) is 0 Å². The molecule has 0 aliphatic rings. The van der Waals surface area contributed by atoms with Gasteiger partial charge in [0.1, 0.15) is 5.82 Å². The molecule has 1 aromatic rings. The number of amides is 1. The molecule has 16 heavy (non-hydrogen) atoms. The lowest BCUT2D eigenvalue weighted by Crippen LogP contribution is -2.30. The molecular weight excluding hydrogens is 296 g/mol. The molecule has 1 unspecified atom stereocenters. The molecule has 0 radical (unpaired) electrons. The Morgan fingerprint density at radius 2 is 2.31 bits per heavy atom. The topological polar surface area (TPSA) is 29.1 Å². The average Bonchev–Trinajstić information content (AvgIpc) is 2.28. The molecule has 0 aliphatic carbocycles. The van der Waals surface area contributed by atoms with Crippen molar-refractivity contribution >= 4 is 33.4 Å². The predicted molar refractivity (Wildman–Crippen MR) is 66.4 cm³/mol. The van der Waals surface area contributed by atoms with E-state index in [2.05, 4.69) is 21.2 Å². The van der Waals surface area contributed by atoms with Gasteiger partial charge in [-0.25, -0.2) is 4.39 Å². The van der Waals surface area contributed by atoms with Gasteiger partial charge in [0.2, 0.25) is 0 Å². The summed E-state index contributed by atoms with van der Waals surface area (Å²) in [7, 11) is 0. The van der Waals surface area contributed by atoms with Crippen LogP contribution in [0.4, 0.5) is 4.39 Å². The minimum absolute atomic E-state index is 0.0225. The van der Waals surface area contributed by atoms with Crippen LogP contribution in [0.25, 0.3) is 0 Å². The molecule has 88 valence electrons. The van der Waals surface area contributed by atoms with Gasteiger partial charge in [-0.1, -0.05) is 22.9 Å². The molecule has 1 rings (SSSR count). The molecule has 5 heteroatoms. The average molecular weight is 309 g/mol. The Kier molecular flexibility index (Phi) is 5.22. The van der Waals surface area contributed by atoms with Crippen molar-refractivity contribution in [3.05, 3.63) is 34.1 Å². The maximum absolute atomic E-state index is 13.3. The van der Waals surface area contributed by atoms with Crippen molar-refractivity contribution in [3.63, 3.8) is 0 Å². The molecule has 1 aromatic carbocycles. The number of carbonyl (C=O) groups excluding carboxylic acids is 1.